The van der Waals surface area contributed by atoms with E-state index in [1.54, 1.807) is 12.3 Å². The van der Waals surface area contributed by atoms with Crippen molar-refractivity contribution >= 4 is 27.5 Å². The second-order valence-corrected chi connectivity index (χ2v) is 5.44. The summed E-state index contributed by atoms with van der Waals surface area (Å²) in [5.74, 6) is 1.21. The summed E-state index contributed by atoms with van der Waals surface area (Å²) in [6.45, 7) is 0.583. The normalized spacial score (nSPS) is 12.0. The number of para-hydroxylation sites is 1. The van der Waals surface area contributed by atoms with Crippen LogP contribution in [0, 0.1) is 11.3 Å². The van der Waals surface area contributed by atoms with Gasteiger partial charge in [-0.2, -0.15) is 5.26 Å². The second-order valence-electron chi connectivity index (χ2n) is 3.89. The molecule has 0 fully saturated rings. The first-order valence-corrected chi connectivity index (χ1v) is 7.27. The fourth-order valence-corrected chi connectivity index (χ4v) is 2.07. The number of fused-ring (bicyclic) bond motifs is 1. The quantitative estimate of drug-likeness (QED) is 0.910. The Morgan fingerprint density at radius 1 is 1.44 bits per heavy atom. The van der Waals surface area contributed by atoms with Crippen LogP contribution in [0.2, 0.25) is 0 Å². The summed E-state index contributed by atoms with van der Waals surface area (Å²) in [6.07, 6.45) is 1.66. The average Bonchev–Trinajstić information content (AvgIpc) is 2.37. The highest BCUT2D eigenvalue weighted by Crippen LogP contribution is 2.19. The summed E-state index contributed by atoms with van der Waals surface area (Å²) < 4.78 is 11.0. The molecule has 1 heterocycles. The van der Waals surface area contributed by atoms with E-state index in [1.165, 1.54) is 0 Å². The first-order valence-electron chi connectivity index (χ1n) is 5.54. The minimum Gasteiger partial charge on any atom is -0.369 e. The van der Waals surface area contributed by atoms with Crippen LogP contribution < -0.4 is 5.32 Å². The molecule has 1 N–H and O–H groups in total. The van der Waals surface area contributed by atoms with Crippen LogP contribution in [0.3, 0.4) is 0 Å². The van der Waals surface area contributed by atoms with Crippen molar-refractivity contribution in [1.82, 2.24) is 4.98 Å². The molecule has 92 valence electrons. The van der Waals surface area contributed by atoms with E-state index in [1.807, 2.05) is 24.3 Å². The number of nitrogens with one attached hydrogen (secondary N) is 1. The Morgan fingerprint density at radius 2 is 2.22 bits per heavy atom. The van der Waals surface area contributed by atoms with Crippen molar-refractivity contribution in [3.05, 3.63) is 35.9 Å². The number of hydrogen-bond acceptors (Lipinski definition) is 4. The third kappa shape index (κ3) is 2.84. The van der Waals surface area contributed by atoms with Gasteiger partial charge in [-0.25, -0.2) is 4.98 Å². The lowest BCUT2D eigenvalue weighted by Gasteiger charge is -2.07. The maximum atomic E-state index is 11.0. The van der Waals surface area contributed by atoms with Crippen LogP contribution >= 0.6 is 0 Å². The Bertz CT molecular complexity index is 634. The monoisotopic (exact) mass is 259 g/mol. The molecule has 1 aromatic heterocycles. The maximum absolute atomic E-state index is 11.0. The van der Waals surface area contributed by atoms with Gasteiger partial charge in [0, 0.05) is 34.7 Å². The molecule has 1 aromatic carbocycles. The van der Waals surface area contributed by atoms with Gasteiger partial charge in [-0.15, -0.1) is 0 Å². The van der Waals surface area contributed by atoms with Crippen molar-refractivity contribution in [3.63, 3.8) is 0 Å². The summed E-state index contributed by atoms with van der Waals surface area (Å²) in [5, 5.41) is 13.1. The van der Waals surface area contributed by atoms with E-state index in [2.05, 4.69) is 16.4 Å². The number of nitriles is 1. The average molecular weight is 259 g/mol. The van der Waals surface area contributed by atoms with E-state index in [4.69, 9.17) is 5.26 Å². The van der Waals surface area contributed by atoms with Gasteiger partial charge in [0.25, 0.3) is 0 Å². The maximum Gasteiger partial charge on any atom is 0.128 e. The van der Waals surface area contributed by atoms with Gasteiger partial charge >= 0.3 is 0 Å². The highest BCUT2D eigenvalue weighted by atomic mass is 32.2. The second kappa shape index (κ2) is 5.61. The summed E-state index contributed by atoms with van der Waals surface area (Å²) in [7, 11) is -0.829. The van der Waals surface area contributed by atoms with Gasteiger partial charge < -0.3 is 5.32 Å². The highest BCUT2D eigenvalue weighted by molar-refractivity contribution is 7.84. The largest absolute Gasteiger partial charge is 0.369 e. The fraction of sp³-hybridized carbons (Fsp3) is 0.231. The number of anilines is 1. The first kappa shape index (κ1) is 12.5. The van der Waals surface area contributed by atoms with Gasteiger partial charge in [0.05, 0.1) is 17.1 Å². The molecule has 0 aliphatic heterocycles. The first-order chi connectivity index (χ1) is 8.70. The van der Waals surface area contributed by atoms with Gasteiger partial charge in [-0.05, 0) is 12.1 Å². The summed E-state index contributed by atoms with van der Waals surface area (Å²) in [4.78, 5) is 4.42. The van der Waals surface area contributed by atoms with E-state index in [-0.39, 0.29) is 0 Å². The minimum absolute atomic E-state index is 0.566. The Hall–Kier alpha value is -1.93. The lowest BCUT2D eigenvalue weighted by atomic mass is 10.1. The van der Waals surface area contributed by atoms with Crippen LogP contribution in [0.15, 0.2) is 30.3 Å². The summed E-state index contributed by atoms with van der Waals surface area (Å²) >= 11 is 0. The molecule has 1 atom stereocenters. The summed E-state index contributed by atoms with van der Waals surface area (Å²) in [5.41, 5.74) is 1.39. The zero-order chi connectivity index (χ0) is 13.0. The van der Waals surface area contributed by atoms with Crippen LogP contribution in [0.25, 0.3) is 10.9 Å². The molecule has 0 aliphatic rings. The Balaban J connectivity index is 2.30. The molecule has 0 aliphatic carbocycles. The number of hydrogen-bond donors (Lipinski definition) is 1. The molecule has 0 radical (unpaired) electrons. The van der Waals surface area contributed by atoms with E-state index >= 15 is 0 Å². The van der Waals surface area contributed by atoms with E-state index in [0.717, 1.165) is 10.9 Å². The molecule has 18 heavy (non-hydrogen) atoms. The SMILES string of the molecule is CS(=O)CCNc1cc(C#N)c2ccccc2n1. The molecule has 0 bridgehead atoms. The predicted octanol–water partition coefficient (Wildman–Crippen LogP) is 1.90. The predicted molar refractivity (Wildman–Crippen MR) is 73.9 cm³/mol. The molecule has 0 saturated heterocycles. The van der Waals surface area contributed by atoms with Crippen LogP contribution in [-0.4, -0.2) is 27.7 Å². The number of rotatable bonds is 4. The van der Waals surface area contributed by atoms with Crippen molar-refractivity contribution in [3.8, 4) is 6.07 Å². The minimum atomic E-state index is -0.829. The zero-order valence-corrected chi connectivity index (χ0v) is 10.8. The van der Waals surface area contributed by atoms with Crippen LogP contribution in [-0.2, 0) is 10.8 Å². The Labute approximate surface area is 108 Å². The Kier molecular flexibility index (Phi) is 3.90. The lowest BCUT2D eigenvalue weighted by molar-refractivity contribution is 0.687. The van der Waals surface area contributed by atoms with Crippen LogP contribution in [0.1, 0.15) is 5.56 Å². The van der Waals surface area contributed by atoms with Crippen molar-refractivity contribution in [2.75, 3.05) is 23.9 Å². The van der Waals surface area contributed by atoms with Crippen molar-refractivity contribution in [2.24, 2.45) is 0 Å². The van der Waals surface area contributed by atoms with Crippen molar-refractivity contribution < 1.29 is 4.21 Å². The number of pyridine rings is 1. The van der Waals surface area contributed by atoms with E-state index in [9.17, 15) is 4.21 Å². The molecule has 1 unspecified atom stereocenters. The number of nitrogens with zero attached hydrogens (tertiary/aromatic N) is 2. The van der Waals surface area contributed by atoms with Gasteiger partial charge in [0.1, 0.15) is 5.82 Å². The summed E-state index contributed by atoms with van der Waals surface area (Å²) in [6, 6.07) is 11.4. The lowest BCUT2D eigenvalue weighted by Crippen LogP contribution is -2.11. The number of aromatic nitrogens is 1. The molecular weight excluding hydrogens is 246 g/mol. The molecule has 2 rings (SSSR count). The molecule has 0 saturated carbocycles. The van der Waals surface area contributed by atoms with Gasteiger partial charge in [-0.1, -0.05) is 18.2 Å². The number of benzene rings is 1. The van der Waals surface area contributed by atoms with Gasteiger partial charge in [0.2, 0.25) is 0 Å². The molecule has 0 spiro atoms. The zero-order valence-electron chi connectivity index (χ0n) is 10.0. The van der Waals surface area contributed by atoms with Crippen LogP contribution in [0.4, 0.5) is 5.82 Å². The Morgan fingerprint density at radius 3 is 2.94 bits per heavy atom. The third-order valence-electron chi connectivity index (χ3n) is 2.53. The van der Waals surface area contributed by atoms with Crippen LogP contribution in [0.5, 0.6) is 0 Å². The van der Waals surface area contributed by atoms with Gasteiger partial charge in [0.15, 0.2) is 0 Å². The standard InChI is InChI=1S/C13H13N3OS/c1-18(17)7-6-15-13-8-10(9-14)11-4-2-3-5-12(11)16-13/h2-5,8H,6-7H2,1H3,(H,15,16). The smallest absolute Gasteiger partial charge is 0.128 e. The molecule has 5 heteroatoms. The van der Waals surface area contributed by atoms with E-state index in [0.29, 0.717) is 23.7 Å². The topological polar surface area (TPSA) is 65.8 Å². The highest BCUT2D eigenvalue weighted by Gasteiger charge is 2.04. The third-order valence-corrected chi connectivity index (χ3v) is 3.31. The molecule has 2 aromatic rings. The molecule has 0 amide bonds. The molecule has 4 nitrogen and oxygen atoms in total. The molecular formula is C13H13N3OS. The van der Waals surface area contributed by atoms with Crippen molar-refractivity contribution in [2.45, 2.75) is 0 Å². The van der Waals surface area contributed by atoms with E-state index < -0.39 is 10.8 Å². The fourth-order valence-electron chi connectivity index (χ4n) is 1.68. The van der Waals surface area contributed by atoms with Crippen molar-refractivity contribution in [1.29, 1.82) is 5.26 Å². The van der Waals surface area contributed by atoms with Gasteiger partial charge in [-0.3, -0.25) is 4.21 Å².